The summed E-state index contributed by atoms with van der Waals surface area (Å²) >= 11 is 0. The van der Waals surface area contributed by atoms with Crippen molar-refractivity contribution in [3.05, 3.63) is 42.6 Å². The fourth-order valence-corrected chi connectivity index (χ4v) is 1.99. The van der Waals surface area contributed by atoms with Crippen LogP contribution in [-0.4, -0.2) is 24.0 Å². The third-order valence-electron chi connectivity index (χ3n) is 2.95. The van der Waals surface area contributed by atoms with Gasteiger partial charge in [-0.15, -0.1) is 0 Å². The van der Waals surface area contributed by atoms with Crippen molar-refractivity contribution in [2.75, 3.05) is 12.4 Å². The van der Waals surface area contributed by atoms with Crippen molar-refractivity contribution in [3.63, 3.8) is 0 Å². The third-order valence-corrected chi connectivity index (χ3v) is 2.95. The van der Waals surface area contributed by atoms with E-state index in [2.05, 4.69) is 10.3 Å². The van der Waals surface area contributed by atoms with Gasteiger partial charge in [-0.25, -0.2) is 0 Å². The van der Waals surface area contributed by atoms with Gasteiger partial charge in [-0.2, -0.15) is 0 Å². The van der Waals surface area contributed by atoms with Crippen LogP contribution in [-0.2, 0) is 4.79 Å². The number of carbonyl (C=O) groups is 1. The number of rotatable bonds is 5. The molecule has 21 heavy (non-hydrogen) atoms. The first-order valence-electron chi connectivity index (χ1n) is 6.75. The molecule has 0 spiro atoms. The van der Waals surface area contributed by atoms with Crippen LogP contribution in [0.15, 0.2) is 42.6 Å². The molecule has 0 aliphatic carbocycles. The van der Waals surface area contributed by atoms with Crippen LogP contribution in [0.1, 0.15) is 13.3 Å². The van der Waals surface area contributed by atoms with Crippen LogP contribution >= 0.6 is 0 Å². The molecule has 0 radical (unpaired) electrons. The molecule has 0 aliphatic rings. The van der Waals surface area contributed by atoms with Gasteiger partial charge in [0.15, 0.2) is 0 Å². The minimum Gasteiger partial charge on any atom is -0.497 e. The summed E-state index contributed by atoms with van der Waals surface area (Å²) in [7, 11) is 1.59. The number of hydrogen-bond donors (Lipinski definition) is 2. The summed E-state index contributed by atoms with van der Waals surface area (Å²) in [5.74, 6) is 0.543. The largest absolute Gasteiger partial charge is 0.497 e. The van der Waals surface area contributed by atoms with Crippen LogP contribution in [0.5, 0.6) is 5.75 Å². The van der Waals surface area contributed by atoms with Crippen LogP contribution in [0.3, 0.4) is 0 Å². The number of nitrogens with two attached hydrogens (primary N) is 1. The summed E-state index contributed by atoms with van der Waals surface area (Å²) in [6.07, 6.45) is 1.98. The predicted octanol–water partition coefficient (Wildman–Crippen LogP) is 2.43. The number of nitrogens with one attached hydrogen (secondary N) is 1. The average molecular weight is 285 g/mol. The van der Waals surface area contributed by atoms with Crippen LogP contribution in [0.2, 0.25) is 0 Å². The zero-order valence-corrected chi connectivity index (χ0v) is 12.2. The number of ether oxygens (including phenoxy) is 1. The Balaban J connectivity index is 2.34. The van der Waals surface area contributed by atoms with E-state index in [1.807, 2.05) is 30.3 Å². The van der Waals surface area contributed by atoms with Gasteiger partial charge in [-0.05, 0) is 31.2 Å². The highest BCUT2D eigenvalue weighted by Gasteiger charge is 2.12. The number of carbonyl (C=O) groups excluding carboxylic acids is 1. The molecule has 2 aromatic rings. The molecule has 5 heteroatoms. The molecule has 110 valence electrons. The zero-order valence-electron chi connectivity index (χ0n) is 12.2. The summed E-state index contributed by atoms with van der Waals surface area (Å²) in [6, 6.07) is 11.0. The third kappa shape index (κ3) is 4.03. The van der Waals surface area contributed by atoms with E-state index in [-0.39, 0.29) is 18.4 Å². The number of nitrogens with zero attached hydrogens (tertiary/aromatic N) is 1. The molecule has 0 bridgehead atoms. The van der Waals surface area contributed by atoms with Crippen molar-refractivity contribution in [1.29, 1.82) is 0 Å². The molecule has 1 unspecified atom stereocenters. The van der Waals surface area contributed by atoms with Crippen molar-refractivity contribution in [1.82, 2.24) is 4.98 Å². The standard InChI is InChI=1S/C16H19N3O2/c1-11(17)9-16(20)19-15-10-12(21-2)6-7-13(15)14-5-3-4-8-18-14/h3-8,10-11H,9,17H2,1-2H3,(H,19,20). The molecule has 5 nitrogen and oxygen atoms in total. The molecule has 3 N–H and O–H groups in total. The van der Waals surface area contributed by atoms with Crippen molar-refractivity contribution < 1.29 is 9.53 Å². The molecule has 1 aromatic carbocycles. The first-order chi connectivity index (χ1) is 10.1. The molecular weight excluding hydrogens is 266 g/mol. The molecule has 0 saturated carbocycles. The predicted molar refractivity (Wildman–Crippen MR) is 83.1 cm³/mol. The maximum atomic E-state index is 12.0. The van der Waals surface area contributed by atoms with Gasteiger partial charge in [0.05, 0.1) is 18.5 Å². The van der Waals surface area contributed by atoms with E-state index in [9.17, 15) is 4.79 Å². The smallest absolute Gasteiger partial charge is 0.225 e. The fourth-order valence-electron chi connectivity index (χ4n) is 1.99. The van der Waals surface area contributed by atoms with E-state index >= 15 is 0 Å². The number of hydrogen-bond acceptors (Lipinski definition) is 4. The van der Waals surface area contributed by atoms with Gasteiger partial charge in [-0.3, -0.25) is 9.78 Å². The second-order valence-electron chi connectivity index (χ2n) is 4.86. The van der Waals surface area contributed by atoms with Gasteiger partial charge in [-0.1, -0.05) is 6.07 Å². The zero-order chi connectivity index (χ0) is 15.2. The Labute approximate surface area is 124 Å². The van der Waals surface area contributed by atoms with Gasteiger partial charge < -0.3 is 15.8 Å². The highest BCUT2D eigenvalue weighted by Crippen LogP contribution is 2.30. The maximum Gasteiger partial charge on any atom is 0.225 e. The molecule has 0 saturated heterocycles. The summed E-state index contributed by atoms with van der Waals surface area (Å²) in [5, 5.41) is 2.88. The summed E-state index contributed by atoms with van der Waals surface area (Å²) in [4.78, 5) is 16.3. The minimum absolute atomic E-state index is 0.129. The first kappa shape index (κ1) is 15.0. The summed E-state index contributed by atoms with van der Waals surface area (Å²) < 4.78 is 5.21. The Kier molecular flexibility index (Phi) is 4.90. The molecule has 2 rings (SSSR count). The Morgan fingerprint density at radius 2 is 2.19 bits per heavy atom. The van der Waals surface area contributed by atoms with Crippen molar-refractivity contribution >= 4 is 11.6 Å². The van der Waals surface area contributed by atoms with Gasteiger partial charge in [0.2, 0.25) is 5.91 Å². The topological polar surface area (TPSA) is 77.2 Å². The Hall–Kier alpha value is -2.40. The van der Waals surface area contributed by atoms with E-state index in [0.29, 0.717) is 11.4 Å². The lowest BCUT2D eigenvalue weighted by Crippen LogP contribution is -2.24. The number of pyridine rings is 1. The second kappa shape index (κ2) is 6.85. The number of methoxy groups -OCH3 is 1. The lowest BCUT2D eigenvalue weighted by Gasteiger charge is -2.13. The van der Waals surface area contributed by atoms with Crippen LogP contribution in [0, 0.1) is 0 Å². The maximum absolute atomic E-state index is 12.0. The Morgan fingerprint density at radius 3 is 2.81 bits per heavy atom. The van der Waals surface area contributed by atoms with E-state index in [4.69, 9.17) is 10.5 Å². The van der Waals surface area contributed by atoms with Crippen LogP contribution in [0.4, 0.5) is 5.69 Å². The molecule has 1 aromatic heterocycles. The summed E-state index contributed by atoms with van der Waals surface area (Å²) in [5.41, 5.74) is 7.95. The molecular formula is C16H19N3O2. The number of anilines is 1. The van der Waals surface area contributed by atoms with Crippen molar-refractivity contribution in [3.8, 4) is 17.0 Å². The molecule has 1 heterocycles. The van der Waals surface area contributed by atoms with Crippen molar-refractivity contribution in [2.45, 2.75) is 19.4 Å². The van der Waals surface area contributed by atoms with Crippen molar-refractivity contribution in [2.24, 2.45) is 5.73 Å². The molecule has 1 amide bonds. The van der Waals surface area contributed by atoms with Crippen LogP contribution in [0.25, 0.3) is 11.3 Å². The van der Waals surface area contributed by atoms with E-state index in [0.717, 1.165) is 11.3 Å². The van der Waals surface area contributed by atoms with Gasteiger partial charge in [0, 0.05) is 30.3 Å². The van der Waals surface area contributed by atoms with E-state index in [1.54, 1.807) is 26.3 Å². The van der Waals surface area contributed by atoms with E-state index < -0.39 is 0 Å². The first-order valence-corrected chi connectivity index (χ1v) is 6.75. The van der Waals surface area contributed by atoms with Gasteiger partial charge in [0.1, 0.15) is 5.75 Å². The quantitative estimate of drug-likeness (QED) is 0.884. The van der Waals surface area contributed by atoms with E-state index in [1.165, 1.54) is 0 Å². The highest BCUT2D eigenvalue weighted by molar-refractivity contribution is 5.95. The lowest BCUT2D eigenvalue weighted by atomic mass is 10.1. The highest BCUT2D eigenvalue weighted by atomic mass is 16.5. The monoisotopic (exact) mass is 285 g/mol. The van der Waals surface area contributed by atoms with Crippen LogP contribution < -0.4 is 15.8 Å². The SMILES string of the molecule is COc1ccc(-c2ccccn2)c(NC(=O)CC(C)N)c1. The second-order valence-corrected chi connectivity index (χ2v) is 4.86. The lowest BCUT2D eigenvalue weighted by molar-refractivity contribution is -0.116. The van der Waals surface area contributed by atoms with Gasteiger partial charge >= 0.3 is 0 Å². The number of aromatic nitrogens is 1. The molecule has 1 atom stereocenters. The number of amides is 1. The Bertz CT molecular complexity index is 612. The summed E-state index contributed by atoms with van der Waals surface area (Å²) in [6.45, 7) is 1.80. The van der Waals surface area contributed by atoms with Gasteiger partial charge in [0.25, 0.3) is 0 Å². The minimum atomic E-state index is -0.186. The number of benzene rings is 1. The molecule has 0 aliphatic heterocycles. The molecule has 0 fully saturated rings. The average Bonchev–Trinajstić information content (AvgIpc) is 2.47. The Morgan fingerprint density at radius 1 is 1.38 bits per heavy atom. The fraction of sp³-hybridized carbons (Fsp3) is 0.250. The normalized spacial score (nSPS) is 11.8.